The lowest BCUT2D eigenvalue weighted by molar-refractivity contribution is -0.00190. The van der Waals surface area contributed by atoms with Crippen molar-refractivity contribution >= 4 is 5.91 Å². The first-order valence-corrected chi connectivity index (χ1v) is 5.45. The summed E-state index contributed by atoms with van der Waals surface area (Å²) in [5.41, 5.74) is 0.365. The van der Waals surface area contributed by atoms with Crippen LogP contribution in [0, 0.1) is 5.92 Å². The fourth-order valence-corrected chi connectivity index (χ4v) is 2.01. The summed E-state index contributed by atoms with van der Waals surface area (Å²) in [6.07, 6.45) is 2.49. The van der Waals surface area contributed by atoms with Crippen molar-refractivity contribution in [2.24, 2.45) is 5.92 Å². The van der Waals surface area contributed by atoms with Gasteiger partial charge >= 0.3 is 0 Å². The summed E-state index contributed by atoms with van der Waals surface area (Å²) in [6.45, 7) is 3.53. The van der Waals surface area contributed by atoms with Crippen molar-refractivity contribution in [3.05, 3.63) is 18.0 Å². The number of aromatic nitrogens is 1. The van der Waals surface area contributed by atoms with Gasteiger partial charge in [0.1, 0.15) is 6.26 Å². The second-order valence-corrected chi connectivity index (χ2v) is 4.18. The molecule has 1 fully saturated rings. The zero-order valence-corrected chi connectivity index (χ0v) is 9.55. The number of carbonyl (C=O) groups is 1. The van der Waals surface area contributed by atoms with E-state index in [9.17, 15) is 4.79 Å². The van der Waals surface area contributed by atoms with Crippen LogP contribution in [0.4, 0.5) is 0 Å². The molecule has 2 heterocycles. The Labute approximate surface area is 94.3 Å². The summed E-state index contributed by atoms with van der Waals surface area (Å²) >= 11 is 0. The van der Waals surface area contributed by atoms with E-state index in [4.69, 9.17) is 4.74 Å². The fourth-order valence-electron chi connectivity index (χ4n) is 2.01. The lowest BCUT2D eigenvalue weighted by Gasteiger charge is -2.35. The monoisotopic (exact) mass is 224 g/mol. The molecule has 0 bridgehead atoms. The first-order valence-electron chi connectivity index (χ1n) is 5.45. The van der Waals surface area contributed by atoms with Gasteiger partial charge in [-0.3, -0.25) is 4.79 Å². The van der Waals surface area contributed by atoms with Gasteiger partial charge < -0.3 is 14.2 Å². The molecule has 0 aliphatic carbocycles. The normalized spacial score (nSPS) is 25.8. The maximum atomic E-state index is 12.0. The third kappa shape index (κ3) is 2.09. The second-order valence-electron chi connectivity index (χ2n) is 4.18. The molecule has 0 N–H and O–H groups in total. The summed E-state index contributed by atoms with van der Waals surface area (Å²) in [5.74, 6) is 0.411. The lowest BCUT2D eigenvalue weighted by Crippen LogP contribution is -2.46. The average molecular weight is 224 g/mol. The Hall–Kier alpha value is -1.36. The molecule has 0 radical (unpaired) electrons. The van der Waals surface area contributed by atoms with Gasteiger partial charge in [0.15, 0.2) is 5.69 Å². The lowest BCUT2D eigenvalue weighted by atomic mass is 9.95. The van der Waals surface area contributed by atoms with E-state index in [0.29, 0.717) is 18.2 Å². The van der Waals surface area contributed by atoms with Crippen molar-refractivity contribution in [1.82, 2.24) is 10.1 Å². The number of rotatable bonds is 2. The molecule has 1 aromatic rings. The molecule has 1 aromatic heterocycles. The molecule has 5 nitrogen and oxygen atoms in total. The first kappa shape index (κ1) is 11.1. The first-order chi connectivity index (χ1) is 7.72. The maximum absolute atomic E-state index is 12.0. The van der Waals surface area contributed by atoms with Crippen LogP contribution in [0.1, 0.15) is 23.8 Å². The van der Waals surface area contributed by atoms with Crippen molar-refractivity contribution in [2.75, 3.05) is 20.2 Å². The molecule has 0 spiro atoms. The van der Waals surface area contributed by atoms with Crippen LogP contribution in [-0.4, -0.2) is 42.3 Å². The van der Waals surface area contributed by atoms with E-state index < -0.39 is 0 Å². The van der Waals surface area contributed by atoms with Gasteiger partial charge in [-0.2, -0.15) is 0 Å². The molecule has 0 saturated carbocycles. The Morgan fingerprint density at radius 1 is 1.69 bits per heavy atom. The number of ether oxygens (including phenoxy) is 1. The Kier molecular flexibility index (Phi) is 3.24. The van der Waals surface area contributed by atoms with E-state index in [1.54, 1.807) is 18.1 Å². The highest BCUT2D eigenvalue weighted by Gasteiger charge is 2.30. The molecular formula is C11H16N2O3. The number of nitrogens with zero attached hydrogens (tertiary/aromatic N) is 2. The molecule has 88 valence electrons. The third-order valence-electron chi connectivity index (χ3n) is 3.14. The van der Waals surface area contributed by atoms with E-state index in [0.717, 1.165) is 13.0 Å². The van der Waals surface area contributed by atoms with Gasteiger partial charge in [0.2, 0.25) is 0 Å². The molecule has 0 aromatic carbocycles. The molecule has 2 atom stereocenters. The Balaban J connectivity index is 2.03. The number of piperidine rings is 1. The molecule has 1 aliphatic rings. The van der Waals surface area contributed by atoms with Gasteiger partial charge in [-0.25, -0.2) is 0 Å². The Morgan fingerprint density at radius 2 is 2.50 bits per heavy atom. The van der Waals surface area contributed by atoms with Crippen LogP contribution >= 0.6 is 0 Å². The van der Waals surface area contributed by atoms with Crippen molar-refractivity contribution in [1.29, 1.82) is 0 Å². The predicted molar refractivity (Wildman–Crippen MR) is 57.0 cm³/mol. The van der Waals surface area contributed by atoms with Gasteiger partial charge in [0, 0.05) is 26.3 Å². The molecule has 16 heavy (non-hydrogen) atoms. The fraction of sp³-hybridized carbons (Fsp3) is 0.636. The smallest absolute Gasteiger partial charge is 0.276 e. The number of likely N-dealkylation sites (tertiary alicyclic amines) is 1. The molecular weight excluding hydrogens is 208 g/mol. The summed E-state index contributed by atoms with van der Waals surface area (Å²) in [6, 6.07) is 1.59. The summed E-state index contributed by atoms with van der Waals surface area (Å²) in [5, 5.41) is 3.65. The minimum Gasteiger partial charge on any atom is -0.379 e. The van der Waals surface area contributed by atoms with Gasteiger partial charge in [0.05, 0.1) is 6.10 Å². The minimum atomic E-state index is -0.0808. The molecule has 2 rings (SSSR count). The highest BCUT2D eigenvalue weighted by molar-refractivity contribution is 5.92. The van der Waals surface area contributed by atoms with Gasteiger partial charge in [-0.05, 0) is 12.3 Å². The van der Waals surface area contributed by atoms with E-state index >= 15 is 0 Å². The van der Waals surface area contributed by atoms with Gasteiger partial charge in [-0.1, -0.05) is 12.1 Å². The second kappa shape index (κ2) is 4.65. The number of amides is 1. The average Bonchev–Trinajstić information content (AvgIpc) is 2.82. The van der Waals surface area contributed by atoms with Crippen LogP contribution in [0.25, 0.3) is 0 Å². The largest absolute Gasteiger partial charge is 0.379 e. The van der Waals surface area contributed by atoms with Crippen LogP contribution in [0.5, 0.6) is 0 Å². The summed E-state index contributed by atoms with van der Waals surface area (Å²) < 4.78 is 10.0. The predicted octanol–water partition coefficient (Wildman–Crippen LogP) is 1.17. The van der Waals surface area contributed by atoms with Crippen molar-refractivity contribution < 1.29 is 14.1 Å². The van der Waals surface area contributed by atoms with Crippen LogP contribution in [0.3, 0.4) is 0 Å². The standard InChI is InChI=1S/C11H16N2O3/c1-8-3-5-13(7-10(8)15-2)11(14)9-4-6-16-12-9/h4,6,8,10H,3,5,7H2,1-2H3/t8-,10-/m0/s1. The van der Waals surface area contributed by atoms with Crippen LogP contribution in [0.15, 0.2) is 16.9 Å². The Bertz CT molecular complexity index is 350. The maximum Gasteiger partial charge on any atom is 0.276 e. The van der Waals surface area contributed by atoms with E-state index in [2.05, 4.69) is 16.6 Å². The molecule has 1 saturated heterocycles. The van der Waals surface area contributed by atoms with Crippen molar-refractivity contribution in [2.45, 2.75) is 19.4 Å². The molecule has 1 amide bonds. The number of carbonyl (C=O) groups excluding carboxylic acids is 1. The number of hydrogen-bond donors (Lipinski definition) is 0. The summed E-state index contributed by atoms with van der Waals surface area (Å²) in [4.78, 5) is 13.7. The van der Waals surface area contributed by atoms with Crippen molar-refractivity contribution in [3.8, 4) is 0 Å². The van der Waals surface area contributed by atoms with E-state index in [1.165, 1.54) is 6.26 Å². The topological polar surface area (TPSA) is 55.6 Å². The van der Waals surface area contributed by atoms with E-state index in [1.807, 2.05) is 0 Å². The van der Waals surface area contributed by atoms with Gasteiger partial charge in [0.25, 0.3) is 5.91 Å². The number of hydrogen-bond acceptors (Lipinski definition) is 4. The zero-order chi connectivity index (χ0) is 11.5. The SMILES string of the molecule is CO[C@H]1CN(C(=O)c2ccon2)CC[C@@H]1C. The third-order valence-corrected chi connectivity index (χ3v) is 3.14. The quantitative estimate of drug-likeness (QED) is 0.756. The highest BCUT2D eigenvalue weighted by Crippen LogP contribution is 2.20. The van der Waals surface area contributed by atoms with E-state index in [-0.39, 0.29) is 12.0 Å². The number of methoxy groups -OCH3 is 1. The van der Waals surface area contributed by atoms with Crippen molar-refractivity contribution in [3.63, 3.8) is 0 Å². The van der Waals surface area contributed by atoms with Crippen LogP contribution < -0.4 is 0 Å². The highest BCUT2D eigenvalue weighted by atomic mass is 16.5. The molecule has 5 heteroatoms. The van der Waals surface area contributed by atoms with Gasteiger partial charge in [-0.15, -0.1) is 0 Å². The molecule has 1 aliphatic heterocycles. The molecule has 0 unspecified atom stereocenters. The zero-order valence-electron chi connectivity index (χ0n) is 9.55. The Morgan fingerprint density at radius 3 is 3.12 bits per heavy atom. The minimum absolute atomic E-state index is 0.0808. The van der Waals surface area contributed by atoms with Crippen LogP contribution in [-0.2, 0) is 4.74 Å². The van der Waals surface area contributed by atoms with Crippen LogP contribution in [0.2, 0.25) is 0 Å². The summed E-state index contributed by atoms with van der Waals surface area (Å²) in [7, 11) is 1.69.